The smallest absolute Gasteiger partial charge is 0.185 e. The Labute approximate surface area is 140 Å². The van der Waals surface area contributed by atoms with Gasteiger partial charge in [-0.3, -0.25) is 9.88 Å². The Balaban J connectivity index is 1.30. The van der Waals surface area contributed by atoms with Crippen molar-refractivity contribution in [2.24, 2.45) is 0 Å². The monoisotopic (exact) mass is 330 g/mol. The summed E-state index contributed by atoms with van der Waals surface area (Å²) >= 11 is 1.76. The van der Waals surface area contributed by atoms with E-state index in [0.29, 0.717) is 0 Å². The predicted octanol–water partition coefficient (Wildman–Crippen LogP) is 2.79. The van der Waals surface area contributed by atoms with Crippen LogP contribution in [0.15, 0.2) is 29.9 Å². The normalized spacial score (nSPS) is 21.5. The minimum absolute atomic E-state index is 0.256. The van der Waals surface area contributed by atoms with Gasteiger partial charge in [-0.2, -0.15) is 0 Å². The molecule has 5 nitrogen and oxygen atoms in total. The van der Waals surface area contributed by atoms with Gasteiger partial charge < -0.3 is 9.64 Å². The molecule has 1 atom stereocenters. The lowest BCUT2D eigenvalue weighted by atomic mass is 10.3. The SMILES string of the molecule is CN(c1nc(CN2CCC(Oc3cccnc3)C2)cs1)C1CC1. The van der Waals surface area contributed by atoms with Gasteiger partial charge in [0.15, 0.2) is 5.13 Å². The molecule has 122 valence electrons. The average molecular weight is 330 g/mol. The van der Waals surface area contributed by atoms with Crippen molar-refractivity contribution in [2.45, 2.75) is 38.0 Å². The first-order valence-electron chi connectivity index (χ1n) is 8.24. The molecule has 3 heterocycles. The van der Waals surface area contributed by atoms with Crippen LogP contribution < -0.4 is 9.64 Å². The van der Waals surface area contributed by atoms with Crippen LogP contribution in [0.3, 0.4) is 0 Å². The summed E-state index contributed by atoms with van der Waals surface area (Å²) in [5, 5.41) is 3.36. The summed E-state index contributed by atoms with van der Waals surface area (Å²) in [6.45, 7) is 2.94. The summed E-state index contributed by atoms with van der Waals surface area (Å²) in [5.74, 6) is 0.862. The van der Waals surface area contributed by atoms with E-state index in [1.807, 2.05) is 12.1 Å². The molecule has 1 saturated heterocycles. The quantitative estimate of drug-likeness (QED) is 0.815. The molecular weight excluding hydrogens is 308 g/mol. The van der Waals surface area contributed by atoms with Crippen LogP contribution in [-0.4, -0.2) is 47.2 Å². The van der Waals surface area contributed by atoms with Gasteiger partial charge in [0.05, 0.1) is 11.9 Å². The van der Waals surface area contributed by atoms with Gasteiger partial charge in [-0.1, -0.05) is 0 Å². The molecule has 23 heavy (non-hydrogen) atoms. The third-order valence-electron chi connectivity index (χ3n) is 4.49. The maximum Gasteiger partial charge on any atom is 0.185 e. The Bertz CT molecular complexity index is 643. The van der Waals surface area contributed by atoms with Crippen molar-refractivity contribution < 1.29 is 4.74 Å². The Morgan fingerprint density at radius 1 is 1.39 bits per heavy atom. The molecule has 6 heteroatoms. The van der Waals surface area contributed by atoms with Crippen molar-refractivity contribution in [3.05, 3.63) is 35.6 Å². The van der Waals surface area contributed by atoms with Crippen molar-refractivity contribution in [3.8, 4) is 5.75 Å². The van der Waals surface area contributed by atoms with Crippen LogP contribution in [-0.2, 0) is 6.54 Å². The Kier molecular flexibility index (Phi) is 4.18. The topological polar surface area (TPSA) is 41.5 Å². The molecule has 4 rings (SSSR count). The summed E-state index contributed by atoms with van der Waals surface area (Å²) in [4.78, 5) is 13.6. The molecule has 1 unspecified atom stereocenters. The molecule has 2 aromatic rings. The number of rotatable bonds is 6. The molecular formula is C17H22N4OS. The van der Waals surface area contributed by atoms with Crippen LogP contribution >= 0.6 is 11.3 Å². The first kappa shape index (κ1) is 14.9. The molecule has 2 aromatic heterocycles. The molecule has 2 aliphatic rings. The lowest BCUT2D eigenvalue weighted by Crippen LogP contribution is -2.25. The average Bonchev–Trinajstić information content (AvgIpc) is 3.17. The second-order valence-corrected chi connectivity index (χ2v) is 7.25. The molecule has 0 amide bonds. The number of hydrogen-bond acceptors (Lipinski definition) is 6. The highest BCUT2D eigenvalue weighted by Gasteiger charge is 2.29. The molecule has 1 aliphatic carbocycles. The lowest BCUT2D eigenvalue weighted by Gasteiger charge is -2.16. The highest BCUT2D eigenvalue weighted by Crippen LogP contribution is 2.32. The van der Waals surface area contributed by atoms with Gasteiger partial charge >= 0.3 is 0 Å². The molecule has 0 bridgehead atoms. The minimum Gasteiger partial charge on any atom is -0.487 e. The Morgan fingerprint density at radius 3 is 3.09 bits per heavy atom. The van der Waals surface area contributed by atoms with E-state index in [-0.39, 0.29) is 6.10 Å². The van der Waals surface area contributed by atoms with E-state index in [1.54, 1.807) is 23.7 Å². The maximum atomic E-state index is 6.00. The zero-order valence-corrected chi connectivity index (χ0v) is 14.2. The predicted molar refractivity (Wildman–Crippen MR) is 92.1 cm³/mol. The van der Waals surface area contributed by atoms with Crippen molar-refractivity contribution in [3.63, 3.8) is 0 Å². The van der Waals surface area contributed by atoms with Crippen LogP contribution in [0.25, 0.3) is 0 Å². The van der Waals surface area contributed by atoms with E-state index in [2.05, 4.69) is 27.2 Å². The van der Waals surface area contributed by atoms with E-state index >= 15 is 0 Å². The molecule has 0 spiro atoms. The van der Waals surface area contributed by atoms with Crippen molar-refractivity contribution in [1.29, 1.82) is 0 Å². The number of likely N-dealkylation sites (tertiary alicyclic amines) is 1. The first-order chi connectivity index (χ1) is 11.3. The number of pyridine rings is 1. The number of thiazole rings is 1. The van der Waals surface area contributed by atoms with Gasteiger partial charge in [0, 0.05) is 44.3 Å². The van der Waals surface area contributed by atoms with Gasteiger partial charge in [-0.05, 0) is 31.4 Å². The summed E-state index contributed by atoms with van der Waals surface area (Å²) in [7, 11) is 2.16. The van der Waals surface area contributed by atoms with E-state index in [9.17, 15) is 0 Å². The van der Waals surface area contributed by atoms with Crippen LogP contribution in [0.5, 0.6) is 5.75 Å². The highest BCUT2D eigenvalue weighted by atomic mass is 32.1. The zero-order valence-electron chi connectivity index (χ0n) is 13.4. The van der Waals surface area contributed by atoms with Crippen LogP contribution in [0.1, 0.15) is 25.0 Å². The summed E-state index contributed by atoms with van der Waals surface area (Å²) in [6.07, 6.45) is 7.49. The fourth-order valence-corrected chi connectivity index (χ4v) is 3.88. The molecule has 1 aliphatic heterocycles. The number of hydrogen-bond donors (Lipinski definition) is 0. The largest absolute Gasteiger partial charge is 0.487 e. The number of ether oxygens (including phenoxy) is 1. The Hall–Kier alpha value is -1.66. The second-order valence-electron chi connectivity index (χ2n) is 6.42. The van der Waals surface area contributed by atoms with Crippen molar-refractivity contribution in [2.75, 3.05) is 25.0 Å². The third kappa shape index (κ3) is 3.64. The van der Waals surface area contributed by atoms with E-state index in [0.717, 1.165) is 43.0 Å². The first-order valence-corrected chi connectivity index (χ1v) is 9.12. The Morgan fingerprint density at radius 2 is 2.30 bits per heavy atom. The number of aromatic nitrogens is 2. The molecule has 0 radical (unpaired) electrons. The minimum atomic E-state index is 0.256. The van der Waals surface area contributed by atoms with Crippen LogP contribution in [0, 0.1) is 0 Å². The summed E-state index contributed by atoms with van der Waals surface area (Å²) in [5.41, 5.74) is 1.18. The fraction of sp³-hybridized carbons (Fsp3) is 0.529. The maximum absolute atomic E-state index is 6.00. The van der Waals surface area contributed by atoms with Gasteiger partial charge in [-0.15, -0.1) is 11.3 Å². The lowest BCUT2D eigenvalue weighted by molar-refractivity contribution is 0.197. The van der Waals surface area contributed by atoms with Gasteiger partial charge in [0.1, 0.15) is 11.9 Å². The molecule has 1 saturated carbocycles. The molecule has 0 aromatic carbocycles. The fourth-order valence-electron chi connectivity index (χ4n) is 3.02. The van der Waals surface area contributed by atoms with Crippen molar-refractivity contribution >= 4 is 16.5 Å². The van der Waals surface area contributed by atoms with E-state index in [1.165, 1.54) is 18.5 Å². The standard InChI is InChI=1S/C17H22N4OS/c1-20(14-4-5-14)17-19-13(12-23-17)10-21-8-6-16(11-21)22-15-3-2-7-18-9-15/h2-3,7,9,12,14,16H,4-6,8,10-11H2,1H3. The van der Waals surface area contributed by atoms with E-state index < -0.39 is 0 Å². The number of anilines is 1. The molecule has 0 N–H and O–H groups in total. The van der Waals surface area contributed by atoms with Crippen molar-refractivity contribution in [1.82, 2.24) is 14.9 Å². The molecule has 2 fully saturated rings. The summed E-state index contributed by atoms with van der Waals surface area (Å²) in [6, 6.07) is 4.60. The summed E-state index contributed by atoms with van der Waals surface area (Å²) < 4.78 is 6.00. The van der Waals surface area contributed by atoms with Crippen LogP contribution in [0.2, 0.25) is 0 Å². The van der Waals surface area contributed by atoms with Gasteiger partial charge in [0.25, 0.3) is 0 Å². The third-order valence-corrected chi connectivity index (χ3v) is 5.47. The van der Waals surface area contributed by atoms with Gasteiger partial charge in [0.2, 0.25) is 0 Å². The number of nitrogens with zero attached hydrogens (tertiary/aromatic N) is 4. The van der Waals surface area contributed by atoms with E-state index in [4.69, 9.17) is 9.72 Å². The van der Waals surface area contributed by atoms with Gasteiger partial charge in [-0.25, -0.2) is 4.98 Å². The second kappa shape index (κ2) is 6.45. The highest BCUT2D eigenvalue weighted by molar-refractivity contribution is 7.13. The zero-order chi connectivity index (χ0) is 15.6. The van der Waals surface area contributed by atoms with Crippen LogP contribution in [0.4, 0.5) is 5.13 Å².